The summed E-state index contributed by atoms with van der Waals surface area (Å²) in [5.41, 5.74) is 1.09. The van der Waals surface area contributed by atoms with E-state index in [4.69, 9.17) is 5.41 Å². The Morgan fingerprint density at radius 3 is 2.76 bits per heavy atom. The van der Waals surface area contributed by atoms with Gasteiger partial charge in [-0.1, -0.05) is 19.9 Å². The van der Waals surface area contributed by atoms with Crippen molar-refractivity contribution < 1.29 is 4.79 Å². The first-order valence-corrected chi connectivity index (χ1v) is 8.75. The highest BCUT2D eigenvalue weighted by Gasteiger charge is 2.59. The summed E-state index contributed by atoms with van der Waals surface area (Å²) in [6.07, 6.45) is 12.2. The number of fused-ring (bicyclic) bond motifs is 5. The van der Waals surface area contributed by atoms with Crippen LogP contribution in [0.4, 0.5) is 0 Å². The number of hydrogen-bond donors (Lipinski definition) is 1. The molecule has 0 saturated heterocycles. The van der Waals surface area contributed by atoms with E-state index in [0.717, 1.165) is 43.2 Å². The van der Waals surface area contributed by atoms with Crippen molar-refractivity contribution in [3.8, 4) is 0 Å². The molecule has 0 bridgehead atoms. The van der Waals surface area contributed by atoms with Crippen LogP contribution >= 0.6 is 0 Å². The molecule has 4 aliphatic carbocycles. The Hall–Kier alpha value is -0.920. The summed E-state index contributed by atoms with van der Waals surface area (Å²) in [6.45, 7) is 4.70. The highest BCUT2D eigenvalue weighted by molar-refractivity contribution is 5.93. The lowest BCUT2D eigenvalue weighted by atomic mass is 9.46. The van der Waals surface area contributed by atoms with Crippen molar-refractivity contribution >= 4 is 11.5 Å². The number of Topliss-reactive ketones (excluding diaryl/α,β-unsaturated/α-hetero) is 1. The van der Waals surface area contributed by atoms with Crippen LogP contribution in [0.3, 0.4) is 0 Å². The van der Waals surface area contributed by atoms with Crippen LogP contribution in [0, 0.1) is 39.9 Å². The van der Waals surface area contributed by atoms with Crippen molar-refractivity contribution in [2.75, 3.05) is 0 Å². The lowest BCUT2D eigenvalue weighted by Crippen LogP contribution is -2.52. The van der Waals surface area contributed by atoms with Crippen molar-refractivity contribution in [2.24, 2.45) is 34.5 Å². The molecule has 114 valence electrons. The average molecular weight is 285 g/mol. The minimum absolute atomic E-state index is 0.00451. The molecule has 2 heteroatoms. The van der Waals surface area contributed by atoms with E-state index >= 15 is 0 Å². The van der Waals surface area contributed by atoms with Crippen LogP contribution in [0.25, 0.3) is 0 Å². The highest BCUT2D eigenvalue weighted by Crippen LogP contribution is 2.64. The fourth-order valence-corrected chi connectivity index (χ4v) is 6.44. The van der Waals surface area contributed by atoms with Crippen molar-refractivity contribution in [1.29, 1.82) is 5.41 Å². The molecule has 0 aromatic heterocycles. The molecule has 0 aromatic carbocycles. The summed E-state index contributed by atoms with van der Waals surface area (Å²) in [5.74, 6) is 3.33. The predicted octanol–water partition coefficient (Wildman–Crippen LogP) is 4.39. The molecule has 2 nitrogen and oxygen atoms in total. The average Bonchev–Trinajstić information content (AvgIpc) is 2.76. The molecule has 6 atom stereocenters. The van der Waals surface area contributed by atoms with E-state index in [0.29, 0.717) is 17.6 Å². The number of rotatable bonds is 0. The Morgan fingerprint density at radius 2 is 1.95 bits per heavy atom. The number of carbonyl (C=O) groups is 1. The fourth-order valence-electron chi connectivity index (χ4n) is 6.44. The van der Waals surface area contributed by atoms with Crippen molar-refractivity contribution in [3.63, 3.8) is 0 Å². The molecular weight excluding hydrogens is 258 g/mol. The second kappa shape index (κ2) is 4.30. The number of ketones is 1. The van der Waals surface area contributed by atoms with Gasteiger partial charge in [0.25, 0.3) is 0 Å². The van der Waals surface area contributed by atoms with Crippen molar-refractivity contribution in [2.45, 2.75) is 58.8 Å². The minimum Gasteiger partial charge on any atom is -0.305 e. The van der Waals surface area contributed by atoms with Crippen LogP contribution in [-0.4, -0.2) is 11.5 Å². The Labute approximate surface area is 127 Å². The van der Waals surface area contributed by atoms with Gasteiger partial charge in [0.1, 0.15) is 5.78 Å². The molecule has 3 saturated carbocycles. The Morgan fingerprint density at radius 1 is 1.14 bits per heavy atom. The molecule has 0 heterocycles. The van der Waals surface area contributed by atoms with Gasteiger partial charge >= 0.3 is 0 Å². The summed E-state index contributed by atoms with van der Waals surface area (Å²) < 4.78 is 0. The van der Waals surface area contributed by atoms with Crippen LogP contribution in [0.15, 0.2) is 12.2 Å². The summed E-state index contributed by atoms with van der Waals surface area (Å²) >= 11 is 0. The summed E-state index contributed by atoms with van der Waals surface area (Å²) in [5, 5.41) is 7.97. The second-order valence-corrected chi connectivity index (χ2v) is 8.50. The molecule has 0 spiro atoms. The molecular formula is C19H27NO. The normalized spacial score (nSPS) is 52.3. The lowest BCUT2D eigenvalue weighted by molar-refractivity contribution is -0.134. The predicted molar refractivity (Wildman–Crippen MR) is 84.4 cm³/mol. The number of carbonyl (C=O) groups excluding carboxylic acids is 1. The number of allylic oxidation sites excluding steroid dienone is 2. The second-order valence-electron chi connectivity index (χ2n) is 8.50. The maximum absolute atomic E-state index is 12.4. The third-order valence-electron chi connectivity index (χ3n) is 7.78. The zero-order chi connectivity index (χ0) is 14.8. The highest BCUT2D eigenvalue weighted by atomic mass is 16.1. The summed E-state index contributed by atoms with van der Waals surface area (Å²) in [4.78, 5) is 12.4. The molecule has 0 radical (unpaired) electrons. The van der Waals surface area contributed by atoms with Gasteiger partial charge in [0.2, 0.25) is 0 Å². The fraction of sp³-hybridized carbons (Fsp3) is 0.789. The van der Waals surface area contributed by atoms with Crippen molar-refractivity contribution in [1.82, 2.24) is 0 Å². The summed E-state index contributed by atoms with van der Waals surface area (Å²) in [7, 11) is 0. The Bertz CT molecular complexity index is 536. The van der Waals surface area contributed by atoms with E-state index in [1.165, 1.54) is 19.3 Å². The van der Waals surface area contributed by atoms with Gasteiger partial charge in [0, 0.05) is 17.5 Å². The van der Waals surface area contributed by atoms with E-state index in [2.05, 4.69) is 26.0 Å². The molecule has 1 unspecified atom stereocenters. The molecule has 0 amide bonds. The summed E-state index contributed by atoms with van der Waals surface area (Å²) in [6, 6.07) is 0. The molecule has 0 aliphatic heterocycles. The van der Waals surface area contributed by atoms with Gasteiger partial charge < -0.3 is 5.41 Å². The van der Waals surface area contributed by atoms with Gasteiger partial charge in [-0.05, 0) is 73.7 Å². The number of hydrogen-bond acceptors (Lipinski definition) is 2. The Kier molecular flexibility index (Phi) is 2.81. The third kappa shape index (κ3) is 1.71. The first-order valence-electron chi connectivity index (χ1n) is 8.75. The standard InChI is InChI=1S/C19H27NO/c1-18-9-7-13(20)11-12(18)3-4-14-15-5-6-17(21)19(15,2)10-8-16(14)18/h7,9,12,14-16,20H,3-6,8,10-11H2,1-2H3/t12?,14-,15-,16+,18-,19-/m0/s1. The molecule has 3 fully saturated rings. The van der Waals surface area contributed by atoms with Crippen molar-refractivity contribution in [3.05, 3.63) is 12.2 Å². The van der Waals surface area contributed by atoms with Gasteiger partial charge in [-0.2, -0.15) is 0 Å². The van der Waals surface area contributed by atoms with Crippen LogP contribution in [0.2, 0.25) is 0 Å². The maximum Gasteiger partial charge on any atom is 0.139 e. The molecule has 1 N–H and O–H groups in total. The van der Waals surface area contributed by atoms with E-state index in [1.807, 2.05) is 0 Å². The van der Waals surface area contributed by atoms with Crippen LogP contribution < -0.4 is 0 Å². The monoisotopic (exact) mass is 285 g/mol. The smallest absolute Gasteiger partial charge is 0.139 e. The zero-order valence-electron chi connectivity index (χ0n) is 13.3. The topological polar surface area (TPSA) is 40.9 Å². The maximum atomic E-state index is 12.4. The van der Waals surface area contributed by atoms with E-state index < -0.39 is 0 Å². The van der Waals surface area contributed by atoms with Crippen LogP contribution in [0.1, 0.15) is 58.8 Å². The van der Waals surface area contributed by atoms with E-state index in [-0.39, 0.29) is 10.8 Å². The molecule has 21 heavy (non-hydrogen) atoms. The quantitative estimate of drug-likeness (QED) is 0.704. The zero-order valence-corrected chi connectivity index (χ0v) is 13.3. The van der Waals surface area contributed by atoms with Gasteiger partial charge in [0.15, 0.2) is 0 Å². The molecule has 4 aliphatic rings. The largest absolute Gasteiger partial charge is 0.305 e. The third-order valence-corrected chi connectivity index (χ3v) is 7.78. The van der Waals surface area contributed by atoms with E-state index in [1.54, 1.807) is 0 Å². The molecule has 4 rings (SSSR count). The first kappa shape index (κ1) is 13.7. The van der Waals surface area contributed by atoms with Gasteiger partial charge in [-0.3, -0.25) is 4.79 Å². The number of nitrogens with one attached hydrogen (secondary N) is 1. The van der Waals surface area contributed by atoms with Gasteiger partial charge in [0.05, 0.1) is 0 Å². The first-order chi connectivity index (χ1) is 9.95. The van der Waals surface area contributed by atoms with Crippen LogP contribution in [-0.2, 0) is 4.79 Å². The van der Waals surface area contributed by atoms with Gasteiger partial charge in [-0.25, -0.2) is 0 Å². The lowest BCUT2D eigenvalue weighted by Gasteiger charge is -2.58. The SMILES string of the molecule is C[C@]12C=CC(=N)CC1CC[C@@H]1[C@H]2CC[C@]2(C)C(=O)CC[C@@H]12. The molecule has 0 aromatic rings. The Balaban J connectivity index is 1.70. The van der Waals surface area contributed by atoms with E-state index in [9.17, 15) is 4.79 Å². The van der Waals surface area contributed by atoms with Gasteiger partial charge in [-0.15, -0.1) is 0 Å². The van der Waals surface area contributed by atoms with Crippen LogP contribution in [0.5, 0.6) is 0 Å². The minimum atomic E-state index is -0.00451.